The van der Waals surface area contributed by atoms with Crippen LogP contribution in [0, 0.1) is 0 Å². The maximum absolute atomic E-state index is 13.1. The minimum Gasteiger partial charge on any atom is -0.394 e. The van der Waals surface area contributed by atoms with E-state index in [4.69, 9.17) is 18.9 Å². The second-order valence-electron chi connectivity index (χ2n) is 16.5. The van der Waals surface area contributed by atoms with Crippen LogP contribution in [-0.2, 0) is 23.7 Å². The summed E-state index contributed by atoms with van der Waals surface area (Å²) in [5, 5.41) is 86.2. The fourth-order valence-electron chi connectivity index (χ4n) is 7.64. The normalized spacial score (nSPS) is 28.9. The number of ether oxygens (including phenoxy) is 4. The van der Waals surface area contributed by atoms with E-state index in [-0.39, 0.29) is 12.5 Å². The molecule has 2 aliphatic heterocycles. The van der Waals surface area contributed by atoms with Gasteiger partial charge in [0.15, 0.2) is 12.6 Å². The summed E-state index contributed by atoms with van der Waals surface area (Å²) in [7, 11) is 0. The molecule has 12 unspecified atom stereocenters. The summed E-state index contributed by atoms with van der Waals surface area (Å²) in [5.41, 5.74) is 0. The van der Waals surface area contributed by atoms with Crippen LogP contribution in [0.25, 0.3) is 0 Å². The van der Waals surface area contributed by atoms with Gasteiger partial charge in [0.2, 0.25) is 5.91 Å². The van der Waals surface area contributed by atoms with Crippen LogP contribution < -0.4 is 5.32 Å². The minimum atomic E-state index is -1.78. The van der Waals surface area contributed by atoms with Gasteiger partial charge in [-0.3, -0.25) is 4.79 Å². The fraction of sp³-hybridized carbons (Fsp3) is 0.932. The highest BCUT2D eigenvalue weighted by Gasteiger charge is 2.51. The van der Waals surface area contributed by atoms with E-state index in [0.29, 0.717) is 12.8 Å². The van der Waals surface area contributed by atoms with E-state index in [1.807, 2.05) is 0 Å². The first kappa shape index (κ1) is 52.9. The molecule has 342 valence electrons. The highest BCUT2D eigenvalue weighted by Crippen LogP contribution is 2.30. The van der Waals surface area contributed by atoms with E-state index in [9.17, 15) is 45.6 Å². The number of carbonyl (C=O) groups is 1. The first-order valence-electron chi connectivity index (χ1n) is 22.9. The lowest BCUT2D eigenvalue weighted by Crippen LogP contribution is -2.65. The second-order valence-corrected chi connectivity index (χ2v) is 16.5. The van der Waals surface area contributed by atoms with Gasteiger partial charge in [0, 0.05) is 6.42 Å². The summed E-state index contributed by atoms with van der Waals surface area (Å²) >= 11 is 0. The third-order valence-electron chi connectivity index (χ3n) is 11.5. The molecule has 12 atom stereocenters. The SMILES string of the molecule is CCCCCCCCC/C=C\CCCCCCCCCC(=O)NC(COC1OC(CO)C(OC2OC(CO)C(O)C(O)C2O)C(O)C1O)C(O)CCCCCCCC. The maximum atomic E-state index is 13.1. The molecule has 2 saturated heterocycles. The van der Waals surface area contributed by atoms with Gasteiger partial charge >= 0.3 is 0 Å². The van der Waals surface area contributed by atoms with Crippen LogP contribution in [0.5, 0.6) is 0 Å². The summed E-state index contributed by atoms with van der Waals surface area (Å²) in [6, 6.07) is -0.823. The lowest BCUT2D eigenvalue weighted by atomic mass is 9.97. The molecule has 9 N–H and O–H groups in total. The Morgan fingerprint density at radius 2 is 1.09 bits per heavy atom. The van der Waals surface area contributed by atoms with Crippen LogP contribution >= 0.6 is 0 Å². The second kappa shape index (κ2) is 32.4. The Balaban J connectivity index is 1.79. The van der Waals surface area contributed by atoms with Crippen molar-refractivity contribution in [3.05, 3.63) is 12.2 Å². The van der Waals surface area contributed by atoms with Gasteiger partial charge in [0.05, 0.1) is 32.0 Å². The van der Waals surface area contributed by atoms with Gasteiger partial charge in [-0.2, -0.15) is 0 Å². The summed E-state index contributed by atoms with van der Waals surface area (Å²) in [5.74, 6) is -0.217. The Morgan fingerprint density at radius 1 is 0.603 bits per heavy atom. The third kappa shape index (κ3) is 20.5. The molecular formula is C44H83NO13. The number of allylic oxidation sites excluding steroid dienone is 2. The zero-order valence-electron chi connectivity index (χ0n) is 35.8. The predicted molar refractivity (Wildman–Crippen MR) is 222 cm³/mol. The number of carbonyl (C=O) groups excluding carboxylic acids is 1. The molecule has 0 bridgehead atoms. The number of aliphatic hydroxyl groups excluding tert-OH is 8. The van der Waals surface area contributed by atoms with Crippen molar-refractivity contribution in [2.45, 2.75) is 242 Å². The average molecular weight is 834 g/mol. The molecule has 1 amide bonds. The molecule has 14 heteroatoms. The smallest absolute Gasteiger partial charge is 0.220 e. The lowest BCUT2D eigenvalue weighted by Gasteiger charge is -2.46. The molecule has 2 rings (SSSR count). The molecule has 0 spiro atoms. The van der Waals surface area contributed by atoms with Crippen LogP contribution in [-0.4, -0.2) is 140 Å². The fourth-order valence-corrected chi connectivity index (χ4v) is 7.64. The van der Waals surface area contributed by atoms with Crippen molar-refractivity contribution in [1.82, 2.24) is 5.32 Å². The molecule has 0 aromatic rings. The van der Waals surface area contributed by atoms with Crippen molar-refractivity contribution in [1.29, 1.82) is 0 Å². The Kier molecular flexibility index (Phi) is 29.6. The van der Waals surface area contributed by atoms with Gasteiger partial charge in [-0.1, -0.05) is 135 Å². The van der Waals surface area contributed by atoms with Crippen LogP contribution in [0.15, 0.2) is 12.2 Å². The van der Waals surface area contributed by atoms with E-state index in [1.165, 1.54) is 70.6 Å². The first-order valence-corrected chi connectivity index (χ1v) is 22.9. The summed E-state index contributed by atoms with van der Waals surface area (Å²) in [4.78, 5) is 13.1. The molecule has 14 nitrogen and oxygen atoms in total. The number of nitrogens with one attached hydrogen (secondary N) is 1. The van der Waals surface area contributed by atoms with Crippen molar-refractivity contribution in [3.63, 3.8) is 0 Å². The monoisotopic (exact) mass is 834 g/mol. The summed E-state index contributed by atoms with van der Waals surface area (Å²) < 4.78 is 22.6. The molecule has 0 aromatic heterocycles. The van der Waals surface area contributed by atoms with Crippen molar-refractivity contribution >= 4 is 5.91 Å². The third-order valence-corrected chi connectivity index (χ3v) is 11.5. The highest BCUT2D eigenvalue weighted by atomic mass is 16.7. The van der Waals surface area contributed by atoms with Gasteiger partial charge in [0.1, 0.15) is 48.8 Å². The van der Waals surface area contributed by atoms with Gasteiger partial charge < -0.3 is 65.1 Å². The van der Waals surface area contributed by atoms with E-state index in [1.54, 1.807) is 0 Å². The largest absolute Gasteiger partial charge is 0.394 e. The molecule has 0 aromatic carbocycles. The number of amides is 1. The zero-order chi connectivity index (χ0) is 42.5. The van der Waals surface area contributed by atoms with Crippen LogP contribution in [0.2, 0.25) is 0 Å². The quantitative estimate of drug-likeness (QED) is 0.0324. The van der Waals surface area contributed by atoms with Crippen molar-refractivity contribution in [2.24, 2.45) is 0 Å². The van der Waals surface area contributed by atoms with Gasteiger partial charge in [0.25, 0.3) is 0 Å². The molecule has 2 aliphatic rings. The Labute approximate surface area is 348 Å². The van der Waals surface area contributed by atoms with Crippen molar-refractivity contribution < 1.29 is 64.6 Å². The number of unbranched alkanes of at least 4 members (excludes halogenated alkanes) is 19. The number of hydrogen-bond acceptors (Lipinski definition) is 13. The summed E-state index contributed by atoms with van der Waals surface area (Å²) in [6.45, 7) is 2.75. The van der Waals surface area contributed by atoms with E-state index < -0.39 is 86.8 Å². The van der Waals surface area contributed by atoms with Gasteiger partial charge in [-0.25, -0.2) is 0 Å². The molecule has 58 heavy (non-hydrogen) atoms. The molecule has 0 saturated carbocycles. The van der Waals surface area contributed by atoms with Crippen LogP contribution in [0.3, 0.4) is 0 Å². The number of hydrogen-bond donors (Lipinski definition) is 9. The van der Waals surface area contributed by atoms with Crippen molar-refractivity contribution in [2.75, 3.05) is 19.8 Å². The standard InChI is InChI=1S/C44H83NO13/c1-3-5-7-9-11-12-13-14-15-16-17-18-19-20-21-22-24-26-28-36(49)45-32(33(48)27-25-23-10-8-6-4-2)31-55-43-41(54)39(52)42(35(30-47)57-43)58-44-40(53)38(51)37(50)34(29-46)56-44/h15-16,32-35,37-44,46-48,50-54H,3-14,17-31H2,1-2H3,(H,45,49)/b16-15-. The molecular weight excluding hydrogens is 750 g/mol. The van der Waals surface area contributed by atoms with E-state index in [2.05, 4.69) is 31.3 Å². The van der Waals surface area contributed by atoms with E-state index in [0.717, 1.165) is 70.6 Å². The minimum absolute atomic E-state index is 0.217. The number of aliphatic hydroxyl groups is 8. The van der Waals surface area contributed by atoms with E-state index >= 15 is 0 Å². The average Bonchev–Trinajstić information content (AvgIpc) is 3.22. The molecule has 0 aliphatic carbocycles. The Morgan fingerprint density at radius 3 is 1.64 bits per heavy atom. The zero-order valence-corrected chi connectivity index (χ0v) is 35.8. The topological polar surface area (TPSA) is 228 Å². The molecule has 2 heterocycles. The molecule has 0 radical (unpaired) electrons. The molecule has 2 fully saturated rings. The maximum Gasteiger partial charge on any atom is 0.220 e. The first-order chi connectivity index (χ1) is 28.1. The van der Waals surface area contributed by atoms with Crippen LogP contribution in [0.1, 0.15) is 168 Å². The Bertz CT molecular complexity index is 1040. The van der Waals surface area contributed by atoms with Gasteiger partial charge in [-0.05, 0) is 38.5 Å². The Hall–Kier alpha value is -1.27. The van der Waals surface area contributed by atoms with Crippen molar-refractivity contribution in [3.8, 4) is 0 Å². The number of rotatable bonds is 34. The summed E-state index contributed by atoms with van der Waals surface area (Å²) in [6.07, 6.45) is 14.1. The predicted octanol–water partition coefficient (Wildman–Crippen LogP) is 4.43. The van der Waals surface area contributed by atoms with Gasteiger partial charge in [-0.15, -0.1) is 0 Å². The lowest BCUT2D eigenvalue weighted by molar-refractivity contribution is -0.359. The highest BCUT2D eigenvalue weighted by molar-refractivity contribution is 5.76. The van der Waals surface area contributed by atoms with Crippen LogP contribution in [0.4, 0.5) is 0 Å².